The first-order valence-corrected chi connectivity index (χ1v) is 7.34. The van der Waals surface area contributed by atoms with E-state index < -0.39 is 0 Å². The van der Waals surface area contributed by atoms with E-state index in [0.29, 0.717) is 6.54 Å². The van der Waals surface area contributed by atoms with Gasteiger partial charge in [-0.2, -0.15) is 0 Å². The van der Waals surface area contributed by atoms with Gasteiger partial charge in [-0.3, -0.25) is 4.99 Å². The molecule has 2 rings (SSSR count). The van der Waals surface area contributed by atoms with Crippen LogP contribution in [-0.4, -0.2) is 44.2 Å². The van der Waals surface area contributed by atoms with Crippen LogP contribution in [0.1, 0.15) is 19.4 Å². The number of rotatable bonds is 5. The zero-order valence-electron chi connectivity index (χ0n) is 13.0. The van der Waals surface area contributed by atoms with Gasteiger partial charge in [-0.05, 0) is 24.6 Å². The lowest BCUT2D eigenvalue weighted by Gasteiger charge is -2.37. The van der Waals surface area contributed by atoms with Crippen molar-refractivity contribution in [1.29, 1.82) is 0 Å². The summed E-state index contributed by atoms with van der Waals surface area (Å²) in [6.07, 6.45) is 0. The van der Waals surface area contributed by atoms with Crippen LogP contribution in [0.2, 0.25) is 0 Å². The molecule has 1 aliphatic heterocycles. The lowest BCUT2D eigenvalue weighted by molar-refractivity contribution is -0.0946. The molecule has 1 heterocycles. The minimum atomic E-state index is -0.208. The molecule has 4 nitrogen and oxygen atoms in total. The van der Waals surface area contributed by atoms with E-state index in [2.05, 4.69) is 24.1 Å². The molecule has 1 aromatic rings. The fourth-order valence-electron chi connectivity index (χ4n) is 2.22. The first kappa shape index (κ1) is 15.8. The fraction of sp³-hybridized carbons (Fsp3) is 0.562. The van der Waals surface area contributed by atoms with Gasteiger partial charge >= 0.3 is 0 Å². The third kappa shape index (κ3) is 4.43. The Balaban J connectivity index is 1.98. The van der Waals surface area contributed by atoms with Gasteiger partial charge in [-0.15, -0.1) is 0 Å². The highest BCUT2D eigenvalue weighted by Crippen LogP contribution is 2.26. The summed E-state index contributed by atoms with van der Waals surface area (Å²) < 4.78 is 18.2. The van der Waals surface area contributed by atoms with Gasteiger partial charge < -0.3 is 15.0 Å². The number of ether oxygens (including phenoxy) is 1. The second-order valence-corrected chi connectivity index (χ2v) is 5.96. The quantitative estimate of drug-likeness (QED) is 0.668. The lowest BCUT2D eigenvalue weighted by atomic mass is 9.89. The Kier molecular flexibility index (Phi) is 5.17. The highest BCUT2D eigenvalue weighted by Gasteiger charge is 2.33. The zero-order valence-corrected chi connectivity index (χ0v) is 13.0. The van der Waals surface area contributed by atoms with Gasteiger partial charge in [0.1, 0.15) is 5.82 Å². The van der Waals surface area contributed by atoms with Gasteiger partial charge in [-0.25, -0.2) is 4.39 Å². The lowest BCUT2D eigenvalue weighted by Crippen LogP contribution is -2.44. The van der Waals surface area contributed by atoms with Crippen LogP contribution in [0.5, 0.6) is 0 Å². The Labute approximate surface area is 126 Å². The molecule has 0 spiro atoms. The predicted octanol–water partition coefficient (Wildman–Crippen LogP) is 2.26. The van der Waals surface area contributed by atoms with Crippen LogP contribution in [0.4, 0.5) is 4.39 Å². The van der Waals surface area contributed by atoms with Gasteiger partial charge in [0, 0.05) is 25.6 Å². The Morgan fingerprint density at radius 1 is 1.38 bits per heavy atom. The molecule has 5 heteroatoms. The van der Waals surface area contributed by atoms with Crippen molar-refractivity contribution in [2.24, 2.45) is 10.4 Å². The summed E-state index contributed by atoms with van der Waals surface area (Å²) >= 11 is 0. The number of halogens is 1. The molecule has 0 saturated carbocycles. The van der Waals surface area contributed by atoms with Gasteiger partial charge in [0.25, 0.3) is 0 Å². The fourth-order valence-corrected chi connectivity index (χ4v) is 2.22. The van der Waals surface area contributed by atoms with Crippen LogP contribution in [-0.2, 0) is 11.3 Å². The van der Waals surface area contributed by atoms with E-state index >= 15 is 0 Å². The van der Waals surface area contributed by atoms with Crippen molar-refractivity contribution >= 4 is 5.96 Å². The number of hydrogen-bond acceptors (Lipinski definition) is 2. The molecule has 0 unspecified atom stereocenters. The van der Waals surface area contributed by atoms with E-state index in [1.165, 1.54) is 12.1 Å². The average molecular weight is 293 g/mol. The van der Waals surface area contributed by atoms with Crippen molar-refractivity contribution in [3.63, 3.8) is 0 Å². The van der Waals surface area contributed by atoms with Crippen LogP contribution in [0, 0.1) is 11.2 Å². The summed E-state index contributed by atoms with van der Waals surface area (Å²) in [5, 5.41) is 3.30. The molecule has 21 heavy (non-hydrogen) atoms. The molecule has 1 saturated heterocycles. The molecule has 1 N–H and O–H groups in total. The maximum absolute atomic E-state index is 12.9. The number of nitrogens with zero attached hydrogens (tertiary/aromatic N) is 2. The van der Waals surface area contributed by atoms with Crippen LogP contribution < -0.4 is 5.32 Å². The third-order valence-corrected chi connectivity index (χ3v) is 3.54. The van der Waals surface area contributed by atoms with Crippen LogP contribution >= 0.6 is 0 Å². The molecular formula is C16H24FN3O. The Morgan fingerprint density at radius 2 is 2.05 bits per heavy atom. The monoisotopic (exact) mass is 293 g/mol. The van der Waals surface area contributed by atoms with Gasteiger partial charge in [0.15, 0.2) is 5.96 Å². The molecule has 0 atom stereocenters. The smallest absolute Gasteiger partial charge is 0.193 e. The van der Waals surface area contributed by atoms with Crippen molar-refractivity contribution < 1.29 is 9.13 Å². The van der Waals surface area contributed by atoms with Crippen molar-refractivity contribution in [3.05, 3.63) is 35.6 Å². The summed E-state index contributed by atoms with van der Waals surface area (Å²) in [5.74, 6) is 0.662. The highest BCUT2D eigenvalue weighted by molar-refractivity contribution is 5.79. The molecule has 0 bridgehead atoms. The normalized spacial score (nSPS) is 17.2. The second-order valence-electron chi connectivity index (χ2n) is 5.96. The van der Waals surface area contributed by atoms with Crippen molar-refractivity contribution in [2.75, 3.05) is 33.4 Å². The Hall–Kier alpha value is -1.62. The van der Waals surface area contributed by atoms with Crippen LogP contribution in [0.15, 0.2) is 29.3 Å². The number of nitrogens with one attached hydrogen (secondary N) is 1. The highest BCUT2D eigenvalue weighted by atomic mass is 19.1. The number of benzene rings is 1. The molecule has 0 aromatic heterocycles. The molecule has 0 radical (unpaired) electrons. The number of hydrogen-bond donors (Lipinski definition) is 1. The summed E-state index contributed by atoms with van der Waals surface area (Å²) in [6.45, 7) is 8.05. The minimum Gasteiger partial charge on any atom is -0.380 e. The van der Waals surface area contributed by atoms with E-state index in [1.54, 1.807) is 12.1 Å². The van der Waals surface area contributed by atoms with Crippen LogP contribution in [0.3, 0.4) is 0 Å². The molecule has 116 valence electrons. The molecular weight excluding hydrogens is 269 g/mol. The molecule has 1 fully saturated rings. The van der Waals surface area contributed by atoms with E-state index in [1.807, 2.05) is 7.05 Å². The van der Waals surface area contributed by atoms with E-state index in [9.17, 15) is 4.39 Å². The van der Waals surface area contributed by atoms with E-state index in [0.717, 1.165) is 37.8 Å². The topological polar surface area (TPSA) is 36.9 Å². The number of guanidine groups is 1. The van der Waals surface area contributed by atoms with Gasteiger partial charge in [0.05, 0.1) is 19.8 Å². The second kappa shape index (κ2) is 6.89. The largest absolute Gasteiger partial charge is 0.380 e. The van der Waals surface area contributed by atoms with Crippen molar-refractivity contribution in [2.45, 2.75) is 20.4 Å². The Morgan fingerprint density at radius 3 is 2.57 bits per heavy atom. The maximum Gasteiger partial charge on any atom is 0.193 e. The molecule has 1 aliphatic rings. The molecule has 0 amide bonds. The summed E-state index contributed by atoms with van der Waals surface area (Å²) in [6, 6.07) is 6.58. The first-order valence-electron chi connectivity index (χ1n) is 7.34. The summed E-state index contributed by atoms with van der Waals surface area (Å²) in [7, 11) is 1.99. The van der Waals surface area contributed by atoms with E-state index in [-0.39, 0.29) is 11.2 Å². The summed E-state index contributed by atoms with van der Waals surface area (Å²) in [5.41, 5.74) is 1.22. The van der Waals surface area contributed by atoms with E-state index in [4.69, 9.17) is 9.73 Å². The van der Waals surface area contributed by atoms with Crippen LogP contribution in [0.25, 0.3) is 0 Å². The zero-order chi connectivity index (χ0) is 15.3. The van der Waals surface area contributed by atoms with Gasteiger partial charge in [0.2, 0.25) is 0 Å². The standard InChI is InChI=1S/C16H24FN3O/c1-4-18-15(19-10-16(2)11-21-12-16)20(3)9-13-5-7-14(17)8-6-13/h5-8H,4,9-12H2,1-3H3,(H,18,19). The van der Waals surface area contributed by atoms with Crippen molar-refractivity contribution in [1.82, 2.24) is 10.2 Å². The minimum absolute atomic E-state index is 0.164. The van der Waals surface area contributed by atoms with Crippen molar-refractivity contribution in [3.8, 4) is 0 Å². The predicted molar refractivity (Wildman–Crippen MR) is 82.8 cm³/mol. The summed E-state index contributed by atoms with van der Waals surface area (Å²) in [4.78, 5) is 6.75. The average Bonchev–Trinajstić information content (AvgIpc) is 2.43. The third-order valence-electron chi connectivity index (χ3n) is 3.54. The van der Waals surface area contributed by atoms with Gasteiger partial charge in [-0.1, -0.05) is 19.1 Å². The molecule has 1 aromatic carbocycles. The first-order chi connectivity index (χ1) is 10.0. The molecule has 0 aliphatic carbocycles. The Bertz CT molecular complexity index is 483. The maximum atomic E-state index is 12.9. The SMILES string of the molecule is CCNC(=NCC1(C)COC1)N(C)Cc1ccc(F)cc1. The number of aliphatic imine (C=N–C) groups is 1.